The van der Waals surface area contributed by atoms with Crippen molar-refractivity contribution in [1.82, 2.24) is 20.4 Å². The average molecular weight is 352 g/mol. The van der Waals surface area contributed by atoms with E-state index in [1.807, 2.05) is 9.80 Å². The maximum Gasteiger partial charge on any atom is 0.321 e. The molecule has 1 saturated heterocycles. The van der Waals surface area contributed by atoms with Gasteiger partial charge in [-0.05, 0) is 32.6 Å². The van der Waals surface area contributed by atoms with E-state index in [0.29, 0.717) is 45.1 Å². The van der Waals surface area contributed by atoms with Crippen molar-refractivity contribution in [3.05, 3.63) is 0 Å². The Morgan fingerprint density at radius 1 is 1.04 bits per heavy atom. The van der Waals surface area contributed by atoms with Crippen LogP contribution in [-0.2, 0) is 9.59 Å². The fourth-order valence-corrected chi connectivity index (χ4v) is 3.71. The molecule has 2 rings (SSSR count). The predicted octanol–water partition coefficient (Wildman–Crippen LogP) is 1.34. The zero-order valence-electron chi connectivity index (χ0n) is 15.6. The van der Waals surface area contributed by atoms with E-state index in [2.05, 4.69) is 10.6 Å². The first-order valence-corrected chi connectivity index (χ1v) is 9.61. The normalized spacial score (nSPS) is 20.8. The fraction of sp³-hybridized carbons (Fsp3) is 0.833. The summed E-state index contributed by atoms with van der Waals surface area (Å²) in [5.41, 5.74) is 0. The van der Waals surface area contributed by atoms with Crippen LogP contribution in [0.5, 0.6) is 0 Å². The number of hydrogen-bond acceptors (Lipinski definition) is 4. The lowest BCUT2D eigenvalue weighted by Crippen LogP contribution is -2.56. The Morgan fingerprint density at radius 2 is 1.68 bits per heavy atom. The maximum atomic E-state index is 12.5. The number of carbonyl (C=O) groups excluding carboxylic acids is 3. The van der Waals surface area contributed by atoms with E-state index < -0.39 is 6.03 Å². The molecule has 1 atom stereocenters. The average Bonchev–Trinajstić information content (AvgIpc) is 2.62. The molecule has 2 N–H and O–H groups in total. The molecule has 142 valence electrons. The highest BCUT2D eigenvalue weighted by Gasteiger charge is 2.29. The minimum atomic E-state index is -0.458. The van der Waals surface area contributed by atoms with Gasteiger partial charge in [0, 0.05) is 39.1 Å². The third-order valence-corrected chi connectivity index (χ3v) is 5.36. The fourth-order valence-electron chi connectivity index (χ4n) is 3.71. The molecule has 0 spiro atoms. The van der Waals surface area contributed by atoms with Gasteiger partial charge in [-0.15, -0.1) is 0 Å². The number of nitrogens with zero attached hydrogens (tertiary/aromatic N) is 2. The molecule has 0 aromatic heterocycles. The maximum absolute atomic E-state index is 12.5. The molecule has 0 radical (unpaired) electrons. The number of piperazine rings is 1. The van der Waals surface area contributed by atoms with E-state index >= 15 is 0 Å². The van der Waals surface area contributed by atoms with Gasteiger partial charge in [-0.1, -0.05) is 19.3 Å². The van der Waals surface area contributed by atoms with E-state index in [1.54, 1.807) is 13.8 Å². The molecule has 1 aliphatic carbocycles. The molecule has 0 aromatic carbocycles. The lowest BCUT2D eigenvalue weighted by molar-refractivity contribution is -0.135. The first-order chi connectivity index (χ1) is 12.0. The Kier molecular flexibility index (Phi) is 7.68. The first kappa shape index (κ1) is 19.7. The van der Waals surface area contributed by atoms with E-state index in [9.17, 15) is 14.4 Å². The smallest absolute Gasteiger partial charge is 0.321 e. The second-order valence-corrected chi connectivity index (χ2v) is 7.15. The number of urea groups is 1. The summed E-state index contributed by atoms with van der Waals surface area (Å²) in [6.07, 6.45) is 6.85. The molecule has 4 amide bonds. The highest BCUT2D eigenvalue weighted by atomic mass is 16.2. The van der Waals surface area contributed by atoms with E-state index in [-0.39, 0.29) is 17.9 Å². The Balaban J connectivity index is 1.73. The molecule has 0 aromatic rings. The lowest BCUT2D eigenvalue weighted by atomic mass is 9.86. The second kappa shape index (κ2) is 9.75. The molecular formula is C18H32N4O3. The quantitative estimate of drug-likeness (QED) is 0.782. The third kappa shape index (κ3) is 5.99. The number of carbonyl (C=O) groups is 3. The van der Waals surface area contributed by atoms with Crippen LogP contribution in [0.2, 0.25) is 0 Å². The summed E-state index contributed by atoms with van der Waals surface area (Å²) in [4.78, 5) is 40.0. The van der Waals surface area contributed by atoms with Crippen LogP contribution in [-0.4, -0.2) is 66.4 Å². The van der Waals surface area contributed by atoms with Crippen molar-refractivity contribution >= 4 is 17.8 Å². The summed E-state index contributed by atoms with van der Waals surface area (Å²) in [6, 6.07) is -0.834. The van der Waals surface area contributed by atoms with E-state index in [0.717, 1.165) is 0 Å². The van der Waals surface area contributed by atoms with Crippen LogP contribution in [0.4, 0.5) is 4.79 Å². The number of rotatable bonds is 5. The molecule has 1 heterocycles. The summed E-state index contributed by atoms with van der Waals surface area (Å²) >= 11 is 0. The molecule has 1 unspecified atom stereocenters. The monoisotopic (exact) mass is 352 g/mol. The standard InChI is InChI=1S/C18H32N4O3/c1-3-19-18(25)20-17(24)14(2)21-9-11-22(12-10-21)16(23)13-15-7-5-4-6-8-15/h14-15H,3-13H2,1-2H3,(H2,19,20,24,25). The van der Waals surface area contributed by atoms with Crippen LogP contribution < -0.4 is 10.6 Å². The Labute approximate surface area is 150 Å². The molecule has 1 aliphatic heterocycles. The van der Waals surface area contributed by atoms with Gasteiger partial charge in [0.15, 0.2) is 0 Å². The highest BCUT2D eigenvalue weighted by molar-refractivity contribution is 5.96. The SMILES string of the molecule is CCNC(=O)NC(=O)C(C)N1CCN(C(=O)CC2CCCCC2)CC1. The van der Waals surface area contributed by atoms with Crippen LogP contribution in [0.1, 0.15) is 52.4 Å². The largest absolute Gasteiger partial charge is 0.340 e. The summed E-state index contributed by atoms with van der Waals surface area (Å²) in [7, 11) is 0. The van der Waals surface area contributed by atoms with Gasteiger partial charge in [-0.2, -0.15) is 0 Å². The highest BCUT2D eigenvalue weighted by Crippen LogP contribution is 2.27. The molecule has 7 heteroatoms. The van der Waals surface area contributed by atoms with Crippen LogP contribution in [0.25, 0.3) is 0 Å². The van der Waals surface area contributed by atoms with Gasteiger partial charge in [0.05, 0.1) is 6.04 Å². The van der Waals surface area contributed by atoms with Gasteiger partial charge >= 0.3 is 6.03 Å². The molecule has 7 nitrogen and oxygen atoms in total. The van der Waals surface area contributed by atoms with Crippen molar-refractivity contribution in [2.24, 2.45) is 5.92 Å². The zero-order valence-corrected chi connectivity index (χ0v) is 15.6. The number of nitrogens with one attached hydrogen (secondary N) is 2. The van der Waals surface area contributed by atoms with E-state index in [1.165, 1.54) is 32.1 Å². The van der Waals surface area contributed by atoms with Crippen LogP contribution >= 0.6 is 0 Å². The number of hydrogen-bond donors (Lipinski definition) is 2. The third-order valence-electron chi connectivity index (χ3n) is 5.36. The summed E-state index contributed by atoms with van der Waals surface area (Å²) in [5.74, 6) is 0.514. The molecular weight excluding hydrogens is 320 g/mol. The summed E-state index contributed by atoms with van der Waals surface area (Å²) in [5, 5.41) is 4.91. The van der Waals surface area contributed by atoms with Crippen molar-refractivity contribution < 1.29 is 14.4 Å². The summed E-state index contributed by atoms with van der Waals surface area (Å²) in [6.45, 7) is 6.73. The van der Waals surface area contributed by atoms with Gasteiger partial charge < -0.3 is 10.2 Å². The van der Waals surface area contributed by atoms with Crippen LogP contribution in [0.3, 0.4) is 0 Å². The van der Waals surface area contributed by atoms with Gasteiger partial charge in [0.1, 0.15) is 0 Å². The number of imide groups is 1. The minimum absolute atomic E-state index is 0.256. The van der Waals surface area contributed by atoms with Crippen molar-refractivity contribution in [2.75, 3.05) is 32.7 Å². The molecule has 2 aliphatic rings. The summed E-state index contributed by atoms with van der Waals surface area (Å²) < 4.78 is 0. The van der Waals surface area contributed by atoms with E-state index in [4.69, 9.17) is 0 Å². The van der Waals surface area contributed by atoms with Gasteiger partial charge in [0.2, 0.25) is 11.8 Å². The van der Waals surface area contributed by atoms with Crippen LogP contribution in [0.15, 0.2) is 0 Å². The lowest BCUT2D eigenvalue weighted by Gasteiger charge is -2.38. The Hall–Kier alpha value is -1.63. The van der Waals surface area contributed by atoms with Gasteiger partial charge in [0.25, 0.3) is 0 Å². The zero-order chi connectivity index (χ0) is 18.2. The van der Waals surface area contributed by atoms with Gasteiger partial charge in [-0.25, -0.2) is 4.79 Å². The minimum Gasteiger partial charge on any atom is -0.340 e. The molecule has 1 saturated carbocycles. The van der Waals surface area contributed by atoms with Crippen LogP contribution in [0, 0.1) is 5.92 Å². The Morgan fingerprint density at radius 3 is 2.28 bits per heavy atom. The van der Waals surface area contributed by atoms with Crippen molar-refractivity contribution in [1.29, 1.82) is 0 Å². The second-order valence-electron chi connectivity index (χ2n) is 7.15. The molecule has 25 heavy (non-hydrogen) atoms. The first-order valence-electron chi connectivity index (χ1n) is 9.61. The molecule has 2 fully saturated rings. The van der Waals surface area contributed by atoms with Crippen molar-refractivity contribution in [3.63, 3.8) is 0 Å². The Bertz CT molecular complexity index is 469. The topological polar surface area (TPSA) is 81.8 Å². The van der Waals surface area contributed by atoms with Crippen molar-refractivity contribution in [3.8, 4) is 0 Å². The number of amides is 4. The van der Waals surface area contributed by atoms with Crippen molar-refractivity contribution in [2.45, 2.75) is 58.4 Å². The van der Waals surface area contributed by atoms with Gasteiger partial charge in [-0.3, -0.25) is 19.8 Å². The predicted molar refractivity (Wildman–Crippen MR) is 96.0 cm³/mol. The molecule has 0 bridgehead atoms.